The van der Waals surface area contributed by atoms with E-state index >= 15 is 0 Å². The molecular weight excluding hydrogens is 206 g/mol. The van der Waals surface area contributed by atoms with Gasteiger partial charge in [0.2, 0.25) is 0 Å². The largest absolute Gasteiger partial charge is 0.350 e. The Bertz CT molecular complexity index is 175. The Balaban J connectivity index is 1.89. The third-order valence-electron chi connectivity index (χ3n) is 2.75. The van der Waals surface area contributed by atoms with Crippen molar-refractivity contribution in [3.8, 4) is 0 Å². The van der Waals surface area contributed by atoms with Crippen molar-refractivity contribution in [1.82, 2.24) is 15.5 Å². The first kappa shape index (κ1) is 12.7. The van der Waals surface area contributed by atoms with Crippen molar-refractivity contribution in [2.75, 3.05) is 19.9 Å². The second kappa shape index (κ2) is 7.88. The van der Waals surface area contributed by atoms with Crippen LogP contribution in [0.4, 0.5) is 0 Å². The van der Waals surface area contributed by atoms with E-state index < -0.39 is 0 Å². The molecule has 1 heterocycles. The summed E-state index contributed by atoms with van der Waals surface area (Å²) in [5, 5.41) is 7.07. The molecule has 0 aromatic rings. The lowest BCUT2D eigenvalue weighted by molar-refractivity contribution is 0.239. The molecule has 4 heteroatoms. The van der Waals surface area contributed by atoms with Crippen LogP contribution in [0.15, 0.2) is 0 Å². The van der Waals surface area contributed by atoms with Crippen molar-refractivity contribution in [2.24, 2.45) is 0 Å². The zero-order valence-corrected chi connectivity index (χ0v) is 10.5. The van der Waals surface area contributed by atoms with Crippen LogP contribution in [0.5, 0.6) is 0 Å². The molecule has 0 amide bonds. The molecule has 0 aliphatic carbocycles. The Morgan fingerprint density at radius 3 is 2.33 bits per heavy atom. The Kier molecular flexibility index (Phi) is 6.68. The minimum Gasteiger partial charge on any atom is -0.350 e. The summed E-state index contributed by atoms with van der Waals surface area (Å²) in [7, 11) is 0. The van der Waals surface area contributed by atoms with Crippen LogP contribution in [0.25, 0.3) is 0 Å². The molecule has 1 rings (SSSR count). The number of hydrogen-bond acceptors (Lipinski definition) is 2. The van der Waals surface area contributed by atoms with Crippen LogP contribution in [0, 0.1) is 0 Å². The molecule has 88 valence electrons. The minimum absolute atomic E-state index is 0.786. The van der Waals surface area contributed by atoms with Gasteiger partial charge in [-0.3, -0.25) is 4.90 Å². The highest BCUT2D eigenvalue weighted by molar-refractivity contribution is 7.80. The average Bonchev–Trinajstić information content (AvgIpc) is 2.26. The second-order valence-electron chi connectivity index (χ2n) is 4.16. The third kappa shape index (κ3) is 5.95. The van der Waals surface area contributed by atoms with Crippen LogP contribution >= 0.6 is 12.2 Å². The number of thiocarbonyl (C=S) groups is 1. The van der Waals surface area contributed by atoms with E-state index in [0.29, 0.717) is 0 Å². The van der Waals surface area contributed by atoms with E-state index in [1.807, 2.05) is 0 Å². The standard InChI is InChI=1S/C11H23N3S/c1-2-3-4-5-6-7-8-14-9-12-11(15)13-10-14/h2-10H2,1H3,(H2,12,13,15). The summed E-state index contributed by atoms with van der Waals surface area (Å²) in [4.78, 5) is 2.36. The second-order valence-corrected chi connectivity index (χ2v) is 4.57. The molecule has 1 aliphatic heterocycles. The average molecular weight is 229 g/mol. The molecule has 0 bridgehead atoms. The van der Waals surface area contributed by atoms with Gasteiger partial charge in [-0.25, -0.2) is 0 Å². The van der Waals surface area contributed by atoms with E-state index in [4.69, 9.17) is 12.2 Å². The molecular formula is C11H23N3S. The van der Waals surface area contributed by atoms with Gasteiger partial charge in [-0.05, 0) is 18.6 Å². The molecule has 1 fully saturated rings. The first-order valence-corrected chi connectivity index (χ1v) is 6.48. The predicted octanol–water partition coefficient (Wildman–Crippen LogP) is 2.04. The summed E-state index contributed by atoms with van der Waals surface area (Å²) in [5.41, 5.74) is 0. The van der Waals surface area contributed by atoms with Crippen molar-refractivity contribution in [3.05, 3.63) is 0 Å². The van der Waals surface area contributed by atoms with Gasteiger partial charge < -0.3 is 10.6 Å². The van der Waals surface area contributed by atoms with Gasteiger partial charge in [-0.1, -0.05) is 39.0 Å². The lowest BCUT2D eigenvalue weighted by Gasteiger charge is -2.29. The number of nitrogens with zero attached hydrogens (tertiary/aromatic N) is 1. The Labute approximate surface area is 98.6 Å². The summed E-state index contributed by atoms with van der Waals surface area (Å²) in [6.45, 7) is 5.24. The monoisotopic (exact) mass is 229 g/mol. The smallest absolute Gasteiger partial charge is 0.168 e. The van der Waals surface area contributed by atoms with Crippen molar-refractivity contribution in [3.63, 3.8) is 0 Å². The zero-order chi connectivity index (χ0) is 10.9. The summed E-state index contributed by atoms with van der Waals surface area (Å²) < 4.78 is 0. The maximum Gasteiger partial charge on any atom is 0.168 e. The lowest BCUT2D eigenvalue weighted by Crippen LogP contribution is -2.53. The molecule has 0 atom stereocenters. The SMILES string of the molecule is CCCCCCCCN1CNC(=S)NC1. The van der Waals surface area contributed by atoms with Gasteiger partial charge >= 0.3 is 0 Å². The highest BCUT2D eigenvalue weighted by Gasteiger charge is 2.10. The molecule has 0 unspecified atom stereocenters. The first-order valence-electron chi connectivity index (χ1n) is 6.07. The van der Waals surface area contributed by atoms with Crippen LogP contribution < -0.4 is 10.6 Å². The molecule has 3 nitrogen and oxygen atoms in total. The molecule has 0 aromatic heterocycles. The number of unbranched alkanes of at least 4 members (excludes halogenated alkanes) is 5. The zero-order valence-electron chi connectivity index (χ0n) is 9.72. The Morgan fingerprint density at radius 2 is 1.67 bits per heavy atom. The first-order chi connectivity index (χ1) is 7.33. The van der Waals surface area contributed by atoms with Crippen molar-refractivity contribution < 1.29 is 0 Å². The predicted molar refractivity (Wildman–Crippen MR) is 68.7 cm³/mol. The summed E-state index contributed by atoms with van der Waals surface area (Å²) in [5.74, 6) is 0. The van der Waals surface area contributed by atoms with Crippen molar-refractivity contribution >= 4 is 17.3 Å². The van der Waals surface area contributed by atoms with E-state index in [1.165, 1.54) is 45.1 Å². The topological polar surface area (TPSA) is 27.3 Å². The van der Waals surface area contributed by atoms with E-state index in [0.717, 1.165) is 18.4 Å². The minimum atomic E-state index is 0.786. The van der Waals surface area contributed by atoms with E-state index in [1.54, 1.807) is 0 Å². The van der Waals surface area contributed by atoms with Gasteiger partial charge in [0.15, 0.2) is 5.11 Å². The number of rotatable bonds is 7. The summed E-state index contributed by atoms with van der Waals surface area (Å²) in [6, 6.07) is 0. The van der Waals surface area contributed by atoms with Gasteiger partial charge in [0, 0.05) is 6.54 Å². The molecule has 2 N–H and O–H groups in total. The number of hydrogen-bond donors (Lipinski definition) is 2. The van der Waals surface area contributed by atoms with E-state index in [2.05, 4.69) is 22.5 Å². The highest BCUT2D eigenvalue weighted by Crippen LogP contribution is 2.05. The Hall–Kier alpha value is -0.350. The fourth-order valence-corrected chi connectivity index (χ4v) is 1.89. The van der Waals surface area contributed by atoms with Crippen LogP contribution in [-0.4, -0.2) is 29.9 Å². The lowest BCUT2D eigenvalue weighted by atomic mass is 10.1. The van der Waals surface area contributed by atoms with E-state index in [9.17, 15) is 0 Å². The van der Waals surface area contributed by atoms with Gasteiger partial charge in [-0.2, -0.15) is 0 Å². The van der Waals surface area contributed by atoms with Crippen LogP contribution in [0.3, 0.4) is 0 Å². The normalized spacial score (nSPS) is 17.3. The van der Waals surface area contributed by atoms with Gasteiger partial charge in [0.25, 0.3) is 0 Å². The number of nitrogens with one attached hydrogen (secondary N) is 2. The fourth-order valence-electron chi connectivity index (χ4n) is 1.76. The van der Waals surface area contributed by atoms with Gasteiger partial charge in [0.1, 0.15) is 0 Å². The Morgan fingerprint density at radius 1 is 1.07 bits per heavy atom. The van der Waals surface area contributed by atoms with Crippen LogP contribution in [0.2, 0.25) is 0 Å². The molecule has 1 aliphatic rings. The van der Waals surface area contributed by atoms with Gasteiger partial charge in [-0.15, -0.1) is 0 Å². The van der Waals surface area contributed by atoms with Gasteiger partial charge in [0.05, 0.1) is 13.3 Å². The molecule has 0 radical (unpaired) electrons. The maximum atomic E-state index is 4.99. The molecule has 0 spiro atoms. The highest BCUT2D eigenvalue weighted by atomic mass is 32.1. The van der Waals surface area contributed by atoms with Crippen LogP contribution in [-0.2, 0) is 0 Å². The molecule has 1 saturated heterocycles. The summed E-state index contributed by atoms with van der Waals surface area (Å²) >= 11 is 4.99. The molecule has 0 saturated carbocycles. The van der Waals surface area contributed by atoms with Crippen LogP contribution in [0.1, 0.15) is 45.4 Å². The maximum absolute atomic E-state index is 4.99. The summed E-state index contributed by atoms with van der Waals surface area (Å²) in [6.07, 6.45) is 8.18. The third-order valence-corrected chi connectivity index (χ3v) is 3.04. The van der Waals surface area contributed by atoms with Crippen molar-refractivity contribution in [1.29, 1.82) is 0 Å². The molecule has 0 aromatic carbocycles. The van der Waals surface area contributed by atoms with E-state index in [-0.39, 0.29) is 0 Å². The molecule has 15 heavy (non-hydrogen) atoms. The quantitative estimate of drug-likeness (QED) is 0.516. The van der Waals surface area contributed by atoms with Crippen molar-refractivity contribution in [2.45, 2.75) is 45.4 Å². The fraction of sp³-hybridized carbons (Fsp3) is 0.909.